The summed E-state index contributed by atoms with van der Waals surface area (Å²) in [5.41, 5.74) is 0.591. The molecule has 0 bridgehead atoms. The summed E-state index contributed by atoms with van der Waals surface area (Å²) >= 11 is 3.07. The molecule has 0 saturated carbocycles. The number of hydrogen-bond acceptors (Lipinski definition) is 2. The molecule has 0 aromatic heterocycles. The van der Waals surface area contributed by atoms with E-state index in [1.165, 1.54) is 12.1 Å². The van der Waals surface area contributed by atoms with Gasteiger partial charge in [-0.2, -0.15) is 0 Å². The van der Waals surface area contributed by atoms with Crippen LogP contribution in [0.2, 0.25) is 0 Å². The van der Waals surface area contributed by atoms with Crippen LogP contribution in [0, 0.1) is 5.82 Å². The summed E-state index contributed by atoms with van der Waals surface area (Å²) in [6, 6.07) is 4.76. The van der Waals surface area contributed by atoms with Crippen LogP contribution in [0.15, 0.2) is 22.7 Å². The fourth-order valence-electron chi connectivity index (χ4n) is 1.27. The number of nitrogens with one attached hydrogen (secondary N) is 2. The number of rotatable bonds is 5. The Kier molecular flexibility index (Phi) is 5.58. The van der Waals surface area contributed by atoms with Crippen molar-refractivity contribution in [1.29, 1.82) is 0 Å². The lowest BCUT2D eigenvalue weighted by molar-refractivity contribution is -0.116. The summed E-state index contributed by atoms with van der Waals surface area (Å²) in [5, 5.41) is 5.86. The van der Waals surface area contributed by atoms with Crippen LogP contribution in [0.1, 0.15) is 20.3 Å². The molecular formula is C12H16BrFN2O. The quantitative estimate of drug-likeness (QED) is 0.878. The van der Waals surface area contributed by atoms with Gasteiger partial charge in [0.25, 0.3) is 0 Å². The van der Waals surface area contributed by atoms with Crippen molar-refractivity contribution in [3.63, 3.8) is 0 Å². The maximum Gasteiger partial charge on any atom is 0.225 e. The SMILES string of the molecule is CC(C)NCCC(=O)Nc1ccc(F)c(Br)c1. The van der Waals surface area contributed by atoms with E-state index in [1.54, 1.807) is 6.07 Å². The lowest BCUT2D eigenvalue weighted by Crippen LogP contribution is -2.27. The van der Waals surface area contributed by atoms with Crippen LogP contribution >= 0.6 is 15.9 Å². The molecule has 0 unspecified atom stereocenters. The Labute approximate surface area is 109 Å². The lowest BCUT2D eigenvalue weighted by atomic mass is 10.3. The second kappa shape index (κ2) is 6.71. The van der Waals surface area contributed by atoms with Crippen LogP contribution in [-0.4, -0.2) is 18.5 Å². The predicted octanol–water partition coefficient (Wildman–Crippen LogP) is 2.91. The second-order valence-electron chi connectivity index (χ2n) is 4.04. The molecule has 1 aromatic rings. The molecule has 0 saturated heterocycles. The molecule has 2 N–H and O–H groups in total. The summed E-state index contributed by atoms with van der Waals surface area (Å²) in [5.74, 6) is -0.430. The van der Waals surface area contributed by atoms with E-state index in [0.717, 1.165) is 0 Å². The summed E-state index contributed by atoms with van der Waals surface area (Å²) in [7, 11) is 0. The third-order valence-electron chi connectivity index (χ3n) is 2.11. The Bertz CT molecular complexity index is 396. The van der Waals surface area contributed by atoms with Crippen LogP contribution in [0.4, 0.5) is 10.1 Å². The van der Waals surface area contributed by atoms with Gasteiger partial charge in [0.05, 0.1) is 4.47 Å². The van der Waals surface area contributed by atoms with E-state index in [2.05, 4.69) is 26.6 Å². The van der Waals surface area contributed by atoms with Crippen molar-refractivity contribution in [2.45, 2.75) is 26.3 Å². The first-order valence-electron chi connectivity index (χ1n) is 5.47. The van der Waals surface area contributed by atoms with Crippen LogP contribution in [0.3, 0.4) is 0 Å². The topological polar surface area (TPSA) is 41.1 Å². The summed E-state index contributed by atoms with van der Waals surface area (Å²) < 4.78 is 13.3. The fraction of sp³-hybridized carbons (Fsp3) is 0.417. The van der Waals surface area contributed by atoms with Gasteiger partial charge in [-0.15, -0.1) is 0 Å². The number of hydrogen-bond donors (Lipinski definition) is 2. The molecule has 94 valence electrons. The van der Waals surface area contributed by atoms with Crippen molar-refractivity contribution in [3.8, 4) is 0 Å². The maximum absolute atomic E-state index is 13.0. The average Bonchev–Trinajstić information content (AvgIpc) is 2.23. The van der Waals surface area contributed by atoms with Crippen molar-refractivity contribution >= 4 is 27.5 Å². The van der Waals surface area contributed by atoms with Gasteiger partial charge in [0.1, 0.15) is 5.82 Å². The molecule has 0 spiro atoms. The summed E-state index contributed by atoms with van der Waals surface area (Å²) in [6.07, 6.45) is 0.396. The zero-order valence-electron chi connectivity index (χ0n) is 9.89. The number of carbonyl (C=O) groups is 1. The highest BCUT2D eigenvalue weighted by Crippen LogP contribution is 2.19. The zero-order valence-corrected chi connectivity index (χ0v) is 11.5. The molecule has 0 atom stereocenters. The zero-order chi connectivity index (χ0) is 12.8. The van der Waals surface area contributed by atoms with Crippen molar-refractivity contribution in [3.05, 3.63) is 28.5 Å². The minimum Gasteiger partial charge on any atom is -0.326 e. The molecule has 3 nitrogen and oxygen atoms in total. The van der Waals surface area contributed by atoms with Crippen LogP contribution in [0.5, 0.6) is 0 Å². The molecule has 0 fully saturated rings. The van der Waals surface area contributed by atoms with E-state index in [-0.39, 0.29) is 11.7 Å². The van der Waals surface area contributed by atoms with Crippen molar-refractivity contribution in [2.24, 2.45) is 0 Å². The van der Waals surface area contributed by atoms with Crippen LogP contribution < -0.4 is 10.6 Å². The van der Waals surface area contributed by atoms with E-state index in [9.17, 15) is 9.18 Å². The Balaban J connectivity index is 2.42. The lowest BCUT2D eigenvalue weighted by Gasteiger charge is -2.08. The molecule has 1 rings (SSSR count). The minimum absolute atomic E-state index is 0.0864. The molecule has 0 aliphatic carbocycles. The molecule has 0 aliphatic rings. The van der Waals surface area contributed by atoms with Crippen molar-refractivity contribution < 1.29 is 9.18 Å². The molecule has 0 aliphatic heterocycles. The van der Waals surface area contributed by atoms with E-state index in [1.807, 2.05) is 13.8 Å². The molecule has 0 radical (unpaired) electrons. The van der Waals surface area contributed by atoms with Crippen molar-refractivity contribution in [1.82, 2.24) is 5.32 Å². The summed E-state index contributed by atoms with van der Waals surface area (Å²) in [4.78, 5) is 11.5. The number of halogens is 2. The minimum atomic E-state index is -0.343. The molecule has 17 heavy (non-hydrogen) atoms. The number of amides is 1. The fourth-order valence-corrected chi connectivity index (χ4v) is 1.65. The third kappa shape index (κ3) is 5.28. The Hall–Kier alpha value is -0.940. The third-order valence-corrected chi connectivity index (χ3v) is 2.72. The first-order chi connectivity index (χ1) is 7.99. The maximum atomic E-state index is 13.0. The van der Waals surface area contributed by atoms with Gasteiger partial charge < -0.3 is 10.6 Å². The number of benzene rings is 1. The van der Waals surface area contributed by atoms with Crippen molar-refractivity contribution in [2.75, 3.05) is 11.9 Å². The second-order valence-corrected chi connectivity index (χ2v) is 4.89. The number of anilines is 1. The molecular weight excluding hydrogens is 287 g/mol. The predicted molar refractivity (Wildman–Crippen MR) is 70.5 cm³/mol. The molecule has 1 aromatic carbocycles. The van der Waals surface area contributed by atoms with Gasteiger partial charge >= 0.3 is 0 Å². The molecule has 0 heterocycles. The first-order valence-corrected chi connectivity index (χ1v) is 6.26. The van der Waals surface area contributed by atoms with E-state index < -0.39 is 0 Å². The van der Waals surface area contributed by atoms with Crippen LogP contribution in [-0.2, 0) is 4.79 Å². The van der Waals surface area contributed by atoms with E-state index in [0.29, 0.717) is 29.2 Å². The van der Waals surface area contributed by atoms with Crippen LogP contribution in [0.25, 0.3) is 0 Å². The van der Waals surface area contributed by atoms with Gasteiger partial charge in [0.15, 0.2) is 0 Å². The smallest absolute Gasteiger partial charge is 0.225 e. The van der Waals surface area contributed by atoms with Gasteiger partial charge in [0.2, 0.25) is 5.91 Å². The van der Waals surface area contributed by atoms with Gasteiger partial charge in [0, 0.05) is 24.7 Å². The number of carbonyl (C=O) groups excluding carboxylic acids is 1. The van der Waals surface area contributed by atoms with Gasteiger partial charge in [-0.25, -0.2) is 4.39 Å². The van der Waals surface area contributed by atoms with Gasteiger partial charge in [-0.1, -0.05) is 13.8 Å². The summed E-state index contributed by atoms with van der Waals surface area (Å²) in [6.45, 7) is 4.68. The molecule has 1 amide bonds. The largest absolute Gasteiger partial charge is 0.326 e. The molecule has 5 heteroatoms. The Morgan fingerprint density at radius 2 is 2.18 bits per heavy atom. The Morgan fingerprint density at radius 1 is 1.47 bits per heavy atom. The monoisotopic (exact) mass is 302 g/mol. The van der Waals surface area contributed by atoms with E-state index >= 15 is 0 Å². The average molecular weight is 303 g/mol. The van der Waals surface area contributed by atoms with E-state index in [4.69, 9.17) is 0 Å². The first kappa shape index (κ1) is 14.1. The van der Waals surface area contributed by atoms with Gasteiger partial charge in [-0.05, 0) is 34.1 Å². The highest BCUT2D eigenvalue weighted by Gasteiger charge is 2.05. The standard InChI is InChI=1S/C12H16BrFN2O/c1-8(2)15-6-5-12(17)16-9-3-4-11(14)10(13)7-9/h3-4,7-8,15H,5-6H2,1-2H3,(H,16,17). The Morgan fingerprint density at radius 3 is 2.76 bits per heavy atom. The highest BCUT2D eigenvalue weighted by molar-refractivity contribution is 9.10. The van der Waals surface area contributed by atoms with Gasteiger partial charge in [-0.3, -0.25) is 4.79 Å². The normalized spacial score (nSPS) is 10.6. The highest BCUT2D eigenvalue weighted by atomic mass is 79.9.